The molecule has 2 fully saturated rings. The maximum Gasteiger partial charge on any atom is 0.406 e. The number of likely N-dealkylation sites (tertiary alicyclic amines) is 2. The zero-order valence-electron chi connectivity index (χ0n) is 13.2. The topological polar surface area (TPSA) is 57.6 Å². The fourth-order valence-corrected chi connectivity index (χ4v) is 3.54. The minimum atomic E-state index is -4.50. The molecule has 2 aliphatic rings. The van der Waals surface area contributed by atoms with Crippen LogP contribution in [0.25, 0.3) is 0 Å². The average molecular weight is 344 g/mol. The van der Waals surface area contributed by atoms with Gasteiger partial charge in [0.15, 0.2) is 0 Å². The first kappa shape index (κ1) is 16.8. The summed E-state index contributed by atoms with van der Waals surface area (Å²) >= 11 is 0. The first-order valence-corrected chi connectivity index (χ1v) is 7.73. The van der Waals surface area contributed by atoms with E-state index in [0.717, 1.165) is 19.3 Å². The van der Waals surface area contributed by atoms with Crippen molar-refractivity contribution in [3.05, 3.63) is 28.7 Å². The minimum absolute atomic E-state index is 0.138. The second kappa shape index (κ2) is 6.12. The smallest absolute Gasteiger partial charge is 0.324 e. The van der Waals surface area contributed by atoms with Gasteiger partial charge in [-0.05, 0) is 31.0 Å². The van der Waals surface area contributed by atoms with Gasteiger partial charge in [-0.1, -0.05) is 0 Å². The standard InChI is InChI=1S/C15H19F3N4O2/c1-20-5-10-7-22(8-11(10)6-20)14(24)19-12-3-2-4-21(13(12)23)9-15(16,17)18/h2-4,10-11H,5-9H2,1H3,(H,19,24)/t10-,11+. The number of hydrogen-bond donors (Lipinski definition) is 1. The number of urea groups is 1. The summed E-state index contributed by atoms with van der Waals surface area (Å²) in [5.41, 5.74) is -0.997. The van der Waals surface area contributed by atoms with Crippen LogP contribution in [0.2, 0.25) is 0 Å². The molecular formula is C15H19F3N4O2. The molecule has 132 valence electrons. The van der Waals surface area contributed by atoms with Crippen LogP contribution in [0.1, 0.15) is 0 Å². The molecule has 1 aromatic rings. The number of alkyl halides is 3. The molecule has 3 rings (SSSR count). The minimum Gasteiger partial charge on any atom is -0.324 e. The summed E-state index contributed by atoms with van der Waals surface area (Å²) in [4.78, 5) is 28.2. The van der Waals surface area contributed by atoms with Gasteiger partial charge in [0.25, 0.3) is 5.56 Å². The van der Waals surface area contributed by atoms with Gasteiger partial charge in [-0.15, -0.1) is 0 Å². The zero-order valence-corrected chi connectivity index (χ0v) is 13.2. The quantitative estimate of drug-likeness (QED) is 0.883. The van der Waals surface area contributed by atoms with Crippen molar-refractivity contribution >= 4 is 11.7 Å². The van der Waals surface area contributed by atoms with Gasteiger partial charge >= 0.3 is 12.2 Å². The molecule has 0 unspecified atom stereocenters. The zero-order chi connectivity index (χ0) is 17.5. The summed E-state index contributed by atoms with van der Waals surface area (Å²) in [5, 5.41) is 2.45. The highest BCUT2D eigenvalue weighted by molar-refractivity contribution is 5.89. The van der Waals surface area contributed by atoms with E-state index < -0.39 is 24.3 Å². The van der Waals surface area contributed by atoms with Crippen molar-refractivity contribution < 1.29 is 18.0 Å². The Morgan fingerprint density at radius 2 is 1.88 bits per heavy atom. The van der Waals surface area contributed by atoms with E-state index in [9.17, 15) is 22.8 Å². The number of hydrogen-bond acceptors (Lipinski definition) is 3. The Morgan fingerprint density at radius 1 is 1.25 bits per heavy atom. The molecule has 0 aliphatic carbocycles. The van der Waals surface area contributed by atoms with E-state index in [4.69, 9.17) is 0 Å². The van der Waals surface area contributed by atoms with Crippen molar-refractivity contribution in [2.75, 3.05) is 38.5 Å². The van der Waals surface area contributed by atoms with Crippen LogP contribution in [-0.2, 0) is 6.54 Å². The average Bonchev–Trinajstić information content (AvgIpc) is 2.99. The molecule has 9 heteroatoms. The lowest BCUT2D eigenvalue weighted by atomic mass is 10.0. The summed E-state index contributed by atoms with van der Waals surface area (Å²) in [5.74, 6) is 0.830. The number of amides is 2. The highest BCUT2D eigenvalue weighted by atomic mass is 19.4. The Hall–Kier alpha value is -2.03. The van der Waals surface area contributed by atoms with Crippen molar-refractivity contribution in [2.45, 2.75) is 12.7 Å². The third-order valence-electron chi connectivity index (χ3n) is 4.57. The van der Waals surface area contributed by atoms with Gasteiger partial charge in [-0.3, -0.25) is 4.79 Å². The van der Waals surface area contributed by atoms with E-state index in [1.165, 1.54) is 12.1 Å². The van der Waals surface area contributed by atoms with E-state index in [0.29, 0.717) is 29.5 Å². The molecule has 0 radical (unpaired) electrons. The summed E-state index contributed by atoms with van der Waals surface area (Å²) in [6, 6.07) is 2.20. The Kier molecular flexibility index (Phi) is 4.29. The van der Waals surface area contributed by atoms with Crippen molar-refractivity contribution in [1.82, 2.24) is 14.4 Å². The predicted octanol–water partition coefficient (Wildman–Crippen LogP) is 1.44. The number of carbonyl (C=O) groups excluding carboxylic acids is 1. The Labute approximate surface area is 136 Å². The molecule has 2 aliphatic heterocycles. The SMILES string of the molecule is CN1C[C@@H]2CN(C(=O)Nc3cccn(CC(F)(F)F)c3=O)C[C@@H]2C1. The monoisotopic (exact) mass is 344 g/mol. The van der Waals surface area contributed by atoms with E-state index >= 15 is 0 Å². The van der Waals surface area contributed by atoms with Crippen molar-refractivity contribution in [2.24, 2.45) is 11.8 Å². The molecule has 2 saturated heterocycles. The number of nitrogens with one attached hydrogen (secondary N) is 1. The van der Waals surface area contributed by atoms with Crippen LogP contribution in [0.3, 0.4) is 0 Å². The molecule has 6 nitrogen and oxygen atoms in total. The number of anilines is 1. The summed E-state index contributed by atoms with van der Waals surface area (Å²) in [6.45, 7) is 1.68. The number of halogens is 3. The predicted molar refractivity (Wildman–Crippen MR) is 81.8 cm³/mol. The first-order chi connectivity index (χ1) is 11.2. The van der Waals surface area contributed by atoms with Crippen LogP contribution in [0.5, 0.6) is 0 Å². The van der Waals surface area contributed by atoms with Crippen LogP contribution in [0.4, 0.5) is 23.7 Å². The molecule has 2 atom stereocenters. The van der Waals surface area contributed by atoms with E-state index in [1.54, 1.807) is 4.90 Å². The van der Waals surface area contributed by atoms with Crippen LogP contribution in [-0.4, -0.2) is 59.8 Å². The Morgan fingerprint density at radius 3 is 2.46 bits per heavy atom. The van der Waals surface area contributed by atoms with Crippen molar-refractivity contribution in [1.29, 1.82) is 0 Å². The van der Waals surface area contributed by atoms with E-state index in [2.05, 4.69) is 10.2 Å². The fraction of sp³-hybridized carbons (Fsp3) is 0.600. The lowest BCUT2D eigenvalue weighted by molar-refractivity contribution is -0.141. The molecule has 1 N–H and O–H groups in total. The molecule has 0 bridgehead atoms. The lowest BCUT2D eigenvalue weighted by Gasteiger charge is -2.20. The van der Waals surface area contributed by atoms with Crippen LogP contribution >= 0.6 is 0 Å². The van der Waals surface area contributed by atoms with Gasteiger partial charge in [0, 0.05) is 32.4 Å². The van der Waals surface area contributed by atoms with E-state index in [1.807, 2.05) is 7.05 Å². The summed E-state index contributed by atoms with van der Waals surface area (Å²) in [7, 11) is 2.04. The first-order valence-electron chi connectivity index (χ1n) is 7.73. The molecule has 3 heterocycles. The van der Waals surface area contributed by atoms with E-state index in [-0.39, 0.29) is 5.69 Å². The Balaban J connectivity index is 1.67. The third kappa shape index (κ3) is 3.55. The van der Waals surface area contributed by atoms with Crippen molar-refractivity contribution in [3.63, 3.8) is 0 Å². The van der Waals surface area contributed by atoms with Gasteiger partial charge in [-0.25, -0.2) is 4.79 Å². The molecular weight excluding hydrogens is 325 g/mol. The number of rotatable bonds is 2. The van der Waals surface area contributed by atoms with Gasteiger partial charge < -0.3 is 19.7 Å². The van der Waals surface area contributed by atoms with Gasteiger partial charge in [0.2, 0.25) is 0 Å². The number of fused-ring (bicyclic) bond motifs is 1. The molecule has 24 heavy (non-hydrogen) atoms. The van der Waals surface area contributed by atoms with Crippen LogP contribution < -0.4 is 10.9 Å². The number of aromatic nitrogens is 1. The van der Waals surface area contributed by atoms with Crippen molar-refractivity contribution in [3.8, 4) is 0 Å². The lowest BCUT2D eigenvalue weighted by Crippen LogP contribution is -2.38. The molecule has 0 spiro atoms. The molecule has 1 aromatic heterocycles. The maximum absolute atomic E-state index is 12.5. The highest BCUT2D eigenvalue weighted by Gasteiger charge is 2.40. The van der Waals surface area contributed by atoms with Crippen LogP contribution in [0.15, 0.2) is 23.1 Å². The second-order valence-corrected chi connectivity index (χ2v) is 6.55. The Bertz CT molecular complexity index is 674. The molecule has 2 amide bonds. The normalized spacial score (nSPS) is 24.2. The number of nitrogens with zero attached hydrogens (tertiary/aromatic N) is 3. The van der Waals surface area contributed by atoms with Crippen LogP contribution in [0, 0.1) is 11.8 Å². The number of carbonyl (C=O) groups is 1. The summed E-state index contributed by atoms with van der Waals surface area (Å²) < 4.78 is 37.9. The molecule has 0 saturated carbocycles. The largest absolute Gasteiger partial charge is 0.406 e. The van der Waals surface area contributed by atoms with Gasteiger partial charge in [-0.2, -0.15) is 13.2 Å². The molecule has 0 aromatic carbocycles. The highest BCUT2D eigenvalue weighted by Crippen LogP contribution is 2.30. The summed E-state index contributed by atoms with van der Waals surface area (Å²) in [6.07, 6.45) is -3.44. The van der Waals surface area contributed by atoms with Gasteiger partial charge in [0.1, 0.15) is 12.2 Å². The van der Waals surface area contributed by atoms with Gasteiger partial charge in [0.05, 0.1) is 0 Å². The third-order valence-corrected chi connectivity index (χ3v) is 4.57. The fourth-order valence-electron chi connectivity index (χ4n) is 3.54. The number of pyridine rings is 1. The maximum atomic E-state index is 12.5. The second-order valence-electron chi connectivity index (χ2n) is 6.55.